The Morgan fingerprint density at radius 1 is 1.05 bits per heavy atom. The van der Waals surface area contributed by atoms with Crippen LogP contribution in [-0.4, -0.2) is 24.2 Å². The van der Waals surface area contributed by atoms with Crippen LogP contribution in [-0.2, 0) is 0 Å². The average Bonchev–Trinajstić information content (AvgIpc) is 3.34. The quantitative estimate of drug-likeness (QED) is 0.709. The molecule has 1 fully saturated rings. The molecule has 1 aliphatic rings. The fourth-order valence-electron chi connectivity index (χ4n) is 2.56. The summed E-state index contributed by atoms with van der Waals surface area (Å²) in [4.78, 5) is 4.35. The van der Waals surface area contributed by atoms with Gasteiger partial charge in [0.15, 0.2) is 0 Å². The molecular weight excluding hydrogens is 260 g/mol. The van der Waals surface area contributed by atoms with Gasteiger partial charge >= 0.3 is 0 Å². The summed E-state index contributed by atoms with van der Waals surface area (Å²) in [5.41, 5.74) is 1.00. The van der Waals surface area contributed by atoms with Crippen LogP contribution in [0.4, 0.5) is 0 Å². The maximum atomic E-state index is 5.92. The van der Waals surface area contributed by atoms with E-state index >= 15 is 0 Å². The first kappa shape index (κ1) is 14.3. The standard InChI is InChI=1S/C18H24N2O/c1(3-12-19-15-10-11-15)2-4-14-21-18-9-5-8-17-16(18)7-6-13-20-17/h5-9,13,15,19H,1-4,10-12,14H2. The van der Waals surface area contributed by atoms with E-state index in [1.807, 2.05) is 30.5 Å². The Morgan fingerprint density at radius 3 is 2.86 bits per heavy atom. The Balaban J connectivity index is 1.34. The lowest BCUT2D eigenvalue weighted by atomic mass is 10.2. The number of pyridine rings is 1. The van der Waals surface area contributed by atoms with Crippen molar-refractivity contribution in [2.24, 2.45) is 0 Å². The number of ether oxygens (including phenoxy) is 1. The zero-order valence-corrected chi connectivity index (χ0v) is 12.6. The minimum atomic E-state index is 0.796. The number of nitrogens with zero attached hydrogens (tertiary/aromatic N) is 1. The minimum absolute atomic E-state index is 0.796. The van der Waals surface area contributed by atoms with Gasteiger partial charge in [0, 0.05) is 17.6 Å². The normalized spacial score (nSPS) is 14.5. The third kappa shape index (κ3) is 4.43. The lowest BCUT2D eigenvalue weighted by Crippen LogP contribution is -2.17. The molecule has 1 aliphatic carbocycles. The van der Waals surface area contributed by atoms with Gasteiger partial charge in [0.1, 0.15) is 5.75 Å². The Labute approximate surface area is 126 Å². The van der Waals surface area contributed by atoms with Gasteiger partial charge in [-0.05, 0) is 56.5 Å². The highest BCUT2D eigenvalue weighted by Gasteiger charge is 2.19. The van der Waals surface area contributed by atoms with Crippen molar-refractivity contribution in [2.45, 2.75) is 44.6 Å². The second-order valence-corrected chi connectivity index (χ2v) is 5.82. The second kappa shape index (κ2) is 7.41. The molecule has 1 saturated carbocycles. The van der Waals surface area contributed by atoms with Gasteiger partial charge in [0.05, 0.1) is 12.1 Å². The van der Waals surface area contributed by atoms with Crippen LogP contribution < -0.4 is 10.1 Å². The highest BCUT2D eigenvalue weighted by molar-refractivity contribution is 5.84. The number of hydrogen-bond donors (Lipinski definition) is 1. The largest absolute Gasteiger partial charge is 0.493 e. The molecule has 0 saturated heterocycles. The van der Waals surface area contributed by atoms with Gasteiger partial charge in [-0.1, -0.05) is 18.9 Å². The molecule has 2 aromatic rings. The van der Waals surface area contributed by atoms with Gasteiger partial charge in [0.25, 0.3) is 0 Å². The van der Waals surface area contributed by atoms with Gasteiger partial charge < -0.3 is 10.1 Å². The molecule has 112 valence electrons. The predicted molar refractivity (Wildman–Crippen MR) is 86.7 cm³/mol. The molecule has 1 aromatic carbocycles. The van der Waals surface area contributed by atoms with Gasteiger partial charge in [-0.3, -0.25) is 4.98 Å². The maximum absolute atomic E-state index is 5.92. The lowest BCUT2D eigenvalue weighted by molar-refractivity contribution is 0.308. The summed E-state index contributed by atoms with van der Waals surface area (Å²) in [5, 5.41) is 4.66. The summed E-state index contributed by atoms with van der Waals surface area (Å²) in [5.74, 6) is 0.955. The van der Waals surface area contributed by atoms with Gasteiger partial charge in [0.2, 0.25) is 0 Å². The zero-order valence-electron chi connectivity index (χ0n) is 12.6. The number of aromatic nitrogens is 1. The summed E-state index contributed by atoms with van der Waals surface area (Å²) >= 11 is 0. The maximum Gasteiger partial charge on any atom is 0.128 e. The first-order valence-electron chi connectivity index (χ1n) is 8.13. The van der Waals surface area contributed by atoms with E-state index in [1.165, 1.54) is 38.6 Å². The smallest absolute Gasteiger partial charge is 0.128 e. The monoisotopic (exact) mass is 284 g/mol. The molecule has 1 heterocycles. The molecule has 0 spiro atoms. The molecule has 0 aliphatic heterocycles. The Kier molecular flexibility index (Phi) is 5.06. The third-order valence-corrected chi connectivity index (χ3v) is 3.94. The van der Waals surface area contributed by atoms with Crippen LogP contribution in [0.5, 0.6) is 5.75 Å². The van der Waals surface area contributed by atoms with Gasteiger partial charge in [-0.25, -0.2) is 0 Å². The van der Waals surface area contributed by atoms with E-state index in [-0.39, 0.29) is 0 Å². The molecule has 3 nitrogen and oxygen atoms in total. The minimum Gasteiger partial charge on any atom is -0.493 e. The van der Waals surface area contributed by atoms with Crippen molar-refractivity contribution < 1.29 is 4.74 Å². The molecule has 21 heavy (non-hydrogen) atoms. The molecule has 1 aromatic heterocycles. The van der Waals surface area contributed by atoms with Gasteiger partial charge in [-0.2, -0.15) is 0 Å². The van der Waals surface area contributed by atoms with E-state index in [1.54, 1.807) is 0 Å². The van der Waals surface area contributed by atoms with Crippen LogP contribution in [0.15, 0.2) is 36.5 Å². The number of benzene rings is 1. The number of fused-ring (bicyclic) bond motifs is 1. The molecule has 0 radical (unpaired) electrons. The third-order valence-electron chi connectivity index (χ3n) is 3.94. The van der Waals surface area contributed by atoms with Crippen LogP contribution in [0, 0.1) is 0 Å². The highest BCUT2D eigenvalue weighted by Crippen LogP contribution is 2.23. The summed E-state index contributed by atoms with van der Waals surface area (Å²) in [7, 11) is 0. The van der Waals surface area contributed by atoms with Crippen molar-refractivity contribution >= 4 is 10.9 Å². The summed E-state index contributed by atoms with van der Waals surface area (Å²) < 4.78 is 5.92. The van der Waals surface area contributed by atoms with E-state index in [2.05, 4.69) is 16.4 Å². The van der Waals surface area contributed by atoms with Crippen molar-refractivity contribution in [3.8, 4) is 5.75 Å². The first-order chi connectivity index (χ1) is 10.4. The van der Waals surface area contributed by atoms with Crippen LogP contribution in [0.1, 0.15) is 38.5 Å². The molecule has 1 N–H and O–H groups in total. The number of rotatable bonds is 9. The van der Waals surface area contributed by atoms with E-state index < -0.39 is 0 Å². The van der Waals surface area contributed by atoms with Crippen LogP contribution in [0.3, 0.4) is 0 Å². The van der Waals surface area contributed by atoms with Gasteiger partial charge in [-0.15, -0.1) is 0 Å². The van der Waals surface area contributed by atoms with Crippen molar-refractivity contribution in [1.29, 1.82) is 0 Å². The number of unbranched alkanes of at least 4 members (excludes halogenated alkanes) is 3. The SMILES string of the molecule is c1cc(OCCCCCCNC2CC2)c2cccnc2c1. The van der Waals surface area contributed by atoms with E-state index in [4.69, 9.17) is 4.74 Å². The highest BCUT2D eigenvalue weighted by atomic mass is 16.5. The topological polar surface area (TPSA) is 34.1 Å². The van der Waals surface area contributed by atoms with E-state index in [0.29, 0.717) is 0 Å². The van der Waals surface area contributed by atoms with Crippen molar-refractivity contribution in [3.63, 3.8) is 0 Å². The molecule has 0 unspecified atom stereocenters. The van der Waals surface area contributed by atoms with E-state index in [0.717, 1.165) is 35.7 Å². The van der Waals surface area contributed by atoms with Crippen LogP contribution in [0.25, 0.3) is 10.9 Å². The molecular formula is C18H24N2O. The molecule has 3 rings (SSSR count). The van der Waals surface area contributed by atoms with Crippen molar-refractivity contribution in [1.82, 2.24) is 10.3 Å². The Bertz CT molecular complexity index is 561. The number of hydrogen-bond acceptors (Lipinski definition) is 3. The predicted octanol–water partition coefficient (Wildman–Crippen LogP) is 3.93. The Hall–Kier alpha value is -1.61. The summed E-state index contributed by atoms with van der Waals surface area (Å²) in [6.07, 6.45) is 9.54. The van der Waals surface area contributed by atoms with Crippen molar-refractivity contribution in [2.75, 3.05) is 13.2 Å². The molecule has 0 bridgehead atoms. The summed E-state index contributed by atoms with van der Waals surface area (Å²) in [6, 6.07) is 10.9. The molecule has 0 atom stereocenters. The molecule has 3 heteroatoms. The zero-order chi connectivity index (χ0) is 14.3. The second-order valence-electron chi connectivity index (χ2n) is 5.82. The van der Waals surface area contributed by atoms with Crippen LogP contribution >= 0.6 is 0 Å². The summed E-state index contributed by atoms with van der Waals surface area (Å²) in [6.45, 7) is 1.98. The van der Waals surface area contributed by atoms with E-state index in [9.17, 15) is 0 Å². The lowest BCUT2D eigenvalue weighted by Gasteiger charge is -2.09. The fourth-order valence-corrected chi connectivity index (χ4v) is 2.56. The Morgan fingerprint density at radius 2 is 1.95 bits per heavy atom. The van der Waals surface area contributed by atoms with Crippen molar-refractivity contribution in [3.05, 3.63) is 36.5 Å². The average molecular weight is 284 g/mol. The number of nitrogens with one attached hydrogen (secondary N) is 1. The fraction of sp³-hybridized carbons (Fsp3) is 0.500. The van der Waals surface area contributed by atoms with Crippen LogP contribution in [0.2, 0.25) is 0 Å². The molecule has 0 amide bonds. The first-order valence-corrected chi connectivity index (χ1v) is 8.13.